The lowest BCUT2D eigenvalue weighted by atomic mass is 9.87. The van der Waals surface area contributed by atoms with Gasteiger partial charge in [-0.25, -0.2) is 8.42 Å². The molecule has 124 valence electrons. The normalized spacial score (nSPS) is 25.0. The van der Waals surface area contributed by atoms with Crippen molar-refractivity contribution in [3.63, 3.8) is 0 Å². The van der Waals surface area contributed by atoms with Crippen LogP contribution in [-0.4, -0.2) is 38.0 Å². The minimum absolute atomic E-state index is 0.0118. The molecule has 5 heteroatoms. The molecule has 4 nitrogen and oxygen atoms in total. The third kappa shape index (κ3) is 3.89. The van der Waals surface area contributed by atoms with Crippen LogP contribution >= 0.6 is 0 Å². The molecule has 0 radical (unpaired) electrons. The van der Waals surface area contributed by atoms with Crippen LogP contribution in [0, 0.1) is 12.3 Å². The summed E-state index contributed by atoms with van der Waals surface area (Å²) in [6.45, 7) is 11.2. The van der Waals surface area contributed by atoms with Crippen LogP contribution < -0.4 is 0 Å². The SMILES string of the molecule is Cc1ccc(S(=O)(=O)N2CC[C@H](C(C)(C)C)O[C@H](C)C2)cc1. The lowest BCUT2D eigenvalue weighted by molar-refractivity contribution is -0.0506. The first kappa shape index (κ1) is 17.4. The van der Waals surface area contributed by atoms with Gasteiger partial charge in [-0.05, 0) is 37.8 Å². The fourth-order valence-corrected chi connectivity index (χ4v) is 4.28. The van der Waals surface area contributed by atoms with E-state index in [-0.39, 0.29) is 17.6 Å². The van der Waals surface area contributed by atoms with Crippen LogP contribution in [0.1, 0.15) is 39.7 Å². The highest BCUT2D eigenvalue weighted by molar-refractivity contribution is 7.89. The van der Waals surface area contributed by atoms with E-state index in [4.69, 9.17) is 4.74 Å². The zero-order chi connectivity index (χ0) is 16.5. The Morgan fingerprint density at radius 3 is 2.32 bits per heavy atom. The summed E-state index contributed by atoms with van der Waals surface area (Å²) in [4.78, 5) is 0.361. The van der Waals surface area contributed by atoms with Gasteiger partial charge >= 0.3 is 0 Å². The minimum Gasteiger partial charge on any atom is -0.373 e. The van der Waals surface area contributed by atoms with Crippen molar-refractivity contribution in [2.24, 2.45) is 5.41 Å². The second-order valence-electron chi connectivity index (χ2n) is 7.27. The van der Waals surface area contributed by atoms with Gasteiger partial charge in [0.05, 0.1) is 17.1 Å². The maximum absolute atomic E-state index is 12.8. The summed E-state index contributed by atoms with van der Waals surface area (Å²) in [5, 5.41) is 0. The Labute approximate surface area is 134 Å². The van der Waals surface area contributed by atoms with Crippen molar-refractivity contribution in [3.8, 4) is 0 Å². The second-order valence-corrected chi connectivity index (χ2v) is 9.20. The van der Waals surface area contributed by atoms with Crippen molar-refractivity contribution in [1.29, 1.82) is 0 Å². The van der Waals surface area contributed by atoms with E-state index < -0.39 is 10.0 Å². The molecule has 0 spiro atoms. The molecule has 0 saturated carbocycles. The molecular formula is C17H27NO3S. The van der Waals surface area contributed by atoms with Gasteiger partial charge < -0.3 is 4.74 Å². The zero-order valence-electron chi connectivity index (χ0n) is 14.2. The van der Waals surface area contributed by atoms with Crippen LogP contribution in [0.4, 0.5) is 0 Å². The summed E-state index contributed by atoms with van der Waals surface area (Å²) in [5.41, 5.74) is 1.07. The monoisotopic (exact) mass is 325 g/mol. The van der Waals surface area contributed by atoms with E-state index in [9.17, 15) is 8.42 Å². The molecule has 1 aliphatic rings. The van der Waals surface area contributed by atoms with Gasteiger partial charge in [-0.1, -0.05) is 38.5 Å². The number of hydrogen-bond acceptors (Lipinski definition) is 3. The molecule has 1 aromatic carbocycles. The van der Waals surface area contributed by atoms with Gasteiger partial charge in [-0.2, -0.15) is 4.31 Å². The van der Waals surface area contributed by atoms with Gasteiger partial charge in [-0.15, -0.1) is 0 Å². The summed E-state index contributed by atoms with van der Waals surface area (Å²) in [5.74, 6) is 0. The number of hydrogen-bond donors (Lipinski definition) is 0. The van der Waals surface area contributed by atoms with Gasteiger partial charge in [0.25, 0.3) is 0 Å². The Bertz CT molecular complexity index is 602. The number of rotatable bonds is 2. The summed E-state index contributed by atoms with van der Waals surface area (Å²) < 4.78 is 33.3. The first-order valence-electron chi connectivity index (χ1n) is 7.83. The van der Waals surface area contributed by atoms with E-state index in [0.29, 0.717) is 18.0 Å². The summed E-state index contributed by atoms with van der Waals surface area (Å²) in [6.07, 6.45) is 0.687. The van der Waals surface area contributed by atoms with E-state index in [1.807, 2.05) is 26.0 Å². The van der Waals surface area contributed by atoms with Gasteiger partial charge in [0, 0.05) is 13.1 Å². The molecule has 22 heavy (non-hydrogen) atoms. The molecule has 0 bridgehead atoms. The lowest BCUT2D eigenvalue weighted by Crippen LogP contribution is -2.35. The average Bonchev–Trinajstić information content (AvgIpc) is 2.61. The Kier molecular flexibility index (Phi) is 5.00. The molecule has 0 aliphatic carbocycles. The van der Waals surface area contributed by atoms with Gasteiger partial charge in [0.15, 0.2) is 0 Å². The van der Waals surface area contributed by atoms with Gasteiger partial charge in [-0.3, -0.25) is 0 Å². The maximum Gasteiger partial charge on any atom is 0.243 e. The molecule has 1 saturated heterocycles. The molecule has 1 aromatic rings. The van der Waals surface area contributed by atoms with Crippen LogP contribution in [0.3, 0.4) is 0 Å². The van der Waals surface area contributed by atoms with Gasteiger partial charge in [0.2, 0.25) is 10.0 Å². The third-order valence-corrected chi connectivity index (χ3v) is 6.00. The highest BCUT2D eigenvalue weighted by Gasteiger charge is 2.35. The Morgan fingerprint density at radius 2 is 1.77 bits per heavy atom. The Hall–Kier alpha value is -0.910. The van der Waals surface area contributed by atoms with E-state index in [2.05, 4.69) is 20.8 Å². The van der Waals surface area contributed by atoms with Crippen molar-refractivity contribution < 1.29 is 13.2 Å². The van der Waals surface area contributed by atoms with Crippen LogP contribution in [0.25, 0.3) is 0 Å². The summed E-state index contributed by atoms with van der Waals surface area (Å²) in [6, 6.07) is 7.04. The smallest absolute Gasteiger partial charge is 0.243 e. The van der Waals surface area contributed by atoms with Crippen LogP contribution in [-0.2, 0) is 14.8 Å². The first-order valence-corrected chi connectivity index (χ1v) is 9.27. The fourth-order valence-electron chi connectivity index (χ4n) is 2.75. The standard InChI is InChI=1S/C17H27NO3S/c1-13-6-8-15(9-7-13)22(19,20)18-11-10-16(17(3,4)5)21-14(2)12-18/h6-9,14,16H,10-12H2,1-5H3/t14-,16-/m1/s1. The molecule has 2 atom stereocenters. The Morgan fingerprint density at radius 1 is 1.18 bits per heavy atom. The van der Waals surface area contributed by atoms with Crippen molar-refractivity contribution in [2.45, 2.75) is 58.1 Å². The molecule has 1 heterocycles. The number of nitrogens with zero attached hydrogens (tertiary/aromatic N) is 1. The lowest BCUT2D eigenvalue weighted by Gasteiger charge is -2.30. The van der Waals surface area contributed by atoms with Crippen LogP contribution in [0.2, 0.25) is 0 Å². The summed E-state index contributed by atoms with van der Waals surface area (Å²) in [7, 11) is -3.45. The average molecular weight is 325 g/mol. The number of ether oxygens (including phenoxy) is 1. The maximum atomic E-state index is 12.8. The second kappa shape index (κ2) is 6.30. The first-order chi connectivity index (χ1) is 10.1. The largest absolute Gasteiger partial charge is 0.373 e. The molecule has 0 aromatic heterocycles. The van der Waals surface area contributed by atoms with Crippen molar-refractivity contribution in [3.05, 3.63) is 29.8 Å². The topological polar surface area (TPSA) is 46.6 Å². The third-order valence-electron chi connectivity index (χ3n) is 4.12. The van der Waals surface area contributed by atoms with Gasteiger partial charge in [0.1, 0.15) is 0 Å². The number of sulfonamides is 1. The van der Waals surface area contributed by atoms with Crippen LogP contribution in [0.5, 0.6) is 0 Å². The van der Waals surface area contributed by atoms with Crippen LogP contribution in [0.15, 0.2) is 29.2 Å². The highest BCUT2D eigenvalue weighted by Crippen LogP contribution is 2.30. The fraction of sp³-hybridized carbons (Fsp3) is 0.647. The predicted molar refractivity (Wildman–Crippen MR) is 88.3 cm³/mol. The molecule has 2 rings (SSSR count). The molecule has 1 fully saturated rings. The van der Waals surface area contributed by atoms with Crippen molar-refractivity contribution >= 4 is 10.0 Å². The predicted octanol–water partition coefficient (Wildman–Crippen LogP) is 3.21. The Balaban J connectivity index is 2.23. The van der Waals surface area contributed by atoms with E-state index in [1.165, 1.54) is 0 Å². The zero-order valence-corrected chi connectivity index (χ0v) is 15.0. The minimum atomic E-state index is -3.45. The molecule has 0 amide bonds. The number of benzene rings is 1. The number of aryl methyl sites for hydroxylation is 1. The molecule has 0 unspecified atom stereocenters. The van der Waals surface area contributed by atoms with E-state index in [1.54, 1.807) is 16.4 Å². The van der Waals surface area contributed by atoms with Crippen molar-refractivity contribution in [2.75, 3.05) is 13.1 Å². The highest BCUT2D eigenvalue weighted by atomic mass is 32.2. The molecule has 0 N–H and O–H groups in total. The molecular weight excluding hydrogens is 298 g/mol. The van der Waals surface area contributed by atoms with E-state index in [0.717, 1.165) is 12.0 Å². The van der Waals surface area contributed by atoms with Crippen molar-refractivity contribution in [1.82, 2.24) is 4.31 Å². The molecule has 1 aliphatic heterocycles. The quantitative estimate of drug-likeness (QED) is 0.839. The summed E-state index contributed by atoms with van der Waals surface area (Å²) >= 11 is 0. The van der Waals surface area contributed by atoms with E-state index >= 15 is 0 Å².